The molecule has 5 rings (SSSR count). The lowest BCUT2D eigenvalue weighted by molar-refractivity contribution is 0.103. The van der Waals surface area contributed by atoms with E-state index >= 15 is 0 Å². The van der Waals surface area contributed by atoms with Gasteiger partial charge in [-0.1, -0.05) is 65.8 Å². The van der Waals surface area contributed by atoms with E-state index in [0.29, 0.717) is 16.6 Å². The fourth-order valence-electron chi connectivity index (χ4n) is 5.01. The normalized spacial score (nSPS) is 13.0. The molecule has 3 aromatic carbocycles. The lowest BCUT2D eigenvalue weighted by atomic mass is 9.89. The Morgan fingerprint density at radius 3 is 2.05 bits per heavy atom. The van der Waals surface area contributed by atoms with Gasteiger partial charge in [-0.25, -0.2) is 13.4 Å². The summed E-state index contributed by atoms with van der Waals surface area (Å²) in [5.41, 5.74) is 3.61. The third-order valence-corrected chi connectivity index (χ3v) is 8.57. The maximum Gasteiger partial charge on any atom is 0.266 e. The number of fused-ring (bicyclic) bond motifs is 4. The second-order valence-corrected chi connectivity index (χ2v) is 12.4. The van der Waals surface area contributed by atoms with Crippen molar-refractivity contribution in [3.8, 4) is 5.69 Å². The number of hydrogen-bond donors (Lipinski definition) is 1. The number of carbonyl (C=O) groups is 1. The van der Waals surface area contributed by atoms with E-state index < -0.39 is 15.8 Å². The van der Waals surface area contributed by atoms with Crippen LogP contribution in [-0.2, 0) is 10.0 Å². The van der Waals surface area contributed by atoms with Gasteiger partial charge < -0.3 is 0 Å². The highest BCUT2D eigenvalue weighted by atomic mass is 32.2. The Kier molecular flexibility index (Phi) is 6.26. The van der Waals surface area contributed by atoms with Crippen molar-refractivity contribution in [3.05, 3.63) is 93.0 Å². The highest BCUT2D eigenvalue weighted by molar-refractivity contribution is 7.92. The van der Waals surface area contributed by atoms with Crippen LogP contribution in [0.4, 0.5) is 5.69 Å². The number of nitrogens with zero attached hydrogens (tertiary/aromatic N) is 2. The first-order valence-corrected chi connectivity index (χ1v) is 14.3. The highest BCUT2D eigenvalue weighted by Crippen LogP contribution is 2.37. The zero-order valence-electron chi connectivity index (χ0n) is 22.4. The molecule has 2 heterocycles. The van der Waals surface area contributed by atoms with E-state index in [1.165, 1.54) is 10.6 Å². The smallest absolute Gasteiger partial charge is 0.266 e. The monoisotopic (exact) mass is 529 g/mol. The summed E-state index contributed by atoms with van der Waals surface area (Å²) in [6, 6.07) is 15.5. The molecule has 0 atom stereocenters. The van der Waals surface area contributed by atoms with E-state index in [2.05, 4.69) is 23.6 Å². The number of anilines is 1. The number of sulfonamides is 1. The molecular formula is C30H31N3O4S. The van der Waals surface area contributed by atoms with Gasteiger partial charge in [-0.05, 0) is 64.8 Å². The topological polar surface area (TPSA) is 98.1 Å². The minimum Gasteiger partial charge on any atom is -0.285 e. The zero-order valence-corrected chi connectivity index (χ0v) is 23.2. The molecular weight excluding hydrogens is 498 g/mol. The molecule has 38 heavy (non-hydrogen) atoms. The Labute approximate surface area is 222 Å². The second-order valence-electron chi connectivity index (χ2n) is 10.8. The molecule has 0 spiro atoms. The number of nitrogens with one attached hydrogen (secondary N) is 1. The van der Waals surface area contributed by atoms with Crippen molar-refractivity contribution in [2.24, 2.45) is 0 Å². The molecule has 1 N–H and O–H groups in total. The molecule has 0 bridgehead atoms. The van der Waals surface area contributed by atoms with Crippen LogP contribution in [0.3, 0.4) is 0 Å². The first kappa shape index (κ1) is 25.9. The number of ketones is 1. The predicted octanol–water partition coefficient (Wildman–Crippen LogP) is 6.10. The van der Waals surface area contributed by atoms with Crippen molar-refractivity contribution in [2.75, 3.05) is 4.72 Å². The van der Waals surface area contributed by atoms with E-state index in [9.17, 15) is 18.0 Å². The number of carbonyl (C=O) groups excluding carboxylic acids is 1. The molecule has 4 aromatic rings. The Morgan fingerprint density at radius 2 is 1.45 bits per heavy atom. The zero-order chi connectivity index (χ0) is 27.5. The summed E-state index contributed by atoms with van der Waals surface area (Å²) in [6.07, 6.45) is 0. The highest BCUT2D eigenvalue weighted by Gasteiger charge is 2.32. The fourth-order valence-corrected chi connectivity index (χ4v) is 6.76. The molecule has 1 aliphatic rings. The van der Waals surface area contributed by atoms with Crippen molar-refractivity contribution in [3.63, 3.8) is 0 Å². The Hall–Kier alpha value is -3.78. The summed E-state index contributed by atoms with van der Waals surface area (Å²) in [7, 11) is -3.99. The maximum absolute atomic E-state index is 13.9. The lowest BCUT2D eigenvalue weighted by Crippen LogP contribution is -2.21. The molecule has 7 nitrogen and oxygen atoms in total. The average Bonchev–Trinajstić information content (AvgIpc) is 3.14. The number of rotatable bonds is 6. The summed E-state index contributed by atoms with van der Waals surface area (Å²) >= 11 is 0. The van der Waals surface area contributed by atoms with Gasteiger partial charge in [0, 0.05) is 5.69 Å². The maximum atomic E-state index is 13.9. The average molecular weight is 530 g/mol. The van der Waals surface area contributed by atoms with Crippen LogP contribution in [0.1, 0.15) is 92.2 Å². The first-order chi connectivity index (χ1) is 17.9. The molecule has 0 amide bonds. The molecule has 0 aliphatic carbocycles. The van der Waals surface area contributed by atoms with Gasteiger partial charge in [0.2, 0.25) is 5.78 Å². The van der Waals surface area contributed by atoms with Crippen molar-refractivity contribution in [1.29, 1.82) is 0 Å². The van der Waals surface area contributed by atoms with Crippen molar-refractivity contribution < 1.29 is 13.2 Å². The number of benzene rings is 3. The lowest BCUT2D eigenvalue weighted by Gasteiger charge is -2.23. The van der Waals surface area contributed by atoms with Gasteiger partial charge in [-0.2, -0.15) is 0 Å². The third-order valence-electron chi connectivity index (χ3n) is 7.06. The van der Waals surface area contributed by atoms with Crippen molar-refractivity contribution in [1.82, 2.24) is 9.55 Å². The van der Waals surface area contributed by atoms with Crippen LogP contribution < -0.4 is 10.3 Å². The molecule has 8 heteroatoms. The summed E-state index contributed by atoms with van der Waals surface area (Å²) in [4.78, 5) is 31.1. The molecule has 1 aromatic heterocycles. The van der Waals surface area contributed by atoms with Crippen LogP contribution >= 0.6 is 0 Å². The minimum absolute atomic E-state index is 0.0130. The molecule has 0 unspecified atom stereocenters. The summed E-state index contributed by atoms with van der Waals surface area (Å²) in [5, 5.41) is 0.411. The molecule has 1 aliphatic heterocycles. The number of para-hydroxylation sites is 1. The number of hydrogen-bond acceptors (Lipinski definition) is 5. The van der Waals surface area contributed by atoms with Crippen molar-refractivity contribution >= 4 is 32.4 Å². The largest absolute Gasteiger partial charge is 0.285 e. The quantitative estimate of drug-likeness (QED) is 0.287. The van der Waals surface area contributed by atoms with Crippen LogP contribution in [0, 0.1) is 0 Å². The Bertz CT molecular complexity index is 1750. The first-order valence-electron chi connectivity index (χ1n) is 12.8. The van der Waals surface area contributed by atoms with E-state index in [-0.39, 0.29) is 45.3 Å². The third kappa shape index (κ3) is 4.13. The van der Waals surface area contributed by atoms with E-state index in [4.69, 9.17) is 0 Å². The van der Waals surface area contributed by atoms with Crippen LogP contribution in [0.2, 0.25) is 0 Å². The fraction of sp³-hybridized carbons (Fsp3) is 0.300. The van der Waals surface area contributed by atoms with E-state index in [0.717, 1.165) is 16.7 Å². The van der Waals surface area contributed by atoms with Gasteiger partial charge in [0.25, 0.3) is 15.6 Å². The van der Waals surface area contributed by atoms with Gasteiger partial charge in [0.05, 0.1) is 27.0 Å². The van der Waals surface area contributed by atoms with Gasteiger partial charge in [-0.3, -0.25) is 18.9 Å². The van der Waals surface area contributed by atoms with Crippen LogP contribution in [0.15, 0.2) is 64.3 Å². The Balaban J connectivity index is 1.61. The van der Waals surface area contributed by atoms with E-state index in [1.54, 1.807) is 36.4 Å². The van der Waals surface area contributed by atoms with Crippen molar-refractivity contribution in [2.45, 2.75) is 64.2 Å². The van der Waals surface area contributed by atoms with Gasteiger partial charge in [0.1, 0.15) is 0 Å². The molecule has 0 fully saturated rings. The predicted molar refractivity (Wildman–Crippen MR) is 150 cm³/mol. The molecule has 0 saturated carbocycles. The van der Waals surface area contributed by atoms with Gasteiger partial charge >= 0.3 is 0 Å². The Morgan fingerprint density at radius 1 is 0.816 bits per heavy atom. The van der Waals surface area contributed by atoms with E-state index in [1.807, 2.05) is 39.8 Å². The minimum atomic E-state index is -3.99. The van der Waals surface area contributed by atoms with Crippen LogP contribution in [0.5, 0.6) is 0 Å². The summed E-state index contributed by atoms with van der Waals surface area (Å²) < 4.78 is 31.8. The molecule has 0 radical (unpaired) electrons. The summed E-state index contributed by atoms with van der Waals surface area (Å²) in [6.45, 7) is 12.1. The second kappa shape index (κ2) is 9.20. The van der Waals surface area contributed by atoms with Gasteiger partial charge in [0.15, 0.2) is 5.82 Å². The van der Waals surface area contributed by atoms with Crippen LogP contribution in [0.25, 0.3) is 16.6 Å². The summed E-state index contributed by atoms with van der Waals surface area (Å²) in [5.74, 6) is -0.164. The van der Waals surface area contributed by atoms with Gasteiger partial charge in [-0.15, -0.1) is 0 Å². The molecule has 0 saturated heterocycles. The van der Waals surface area contributed by atoms with Crippen LogP contribution in [-0.4, -0.2) is 23.8 Å². The molecule has 196 valence electrons. The standard InChI is InChI=1S/C30H31N3O4S/c1-16(2)19-13-22(17(3)4)28(23(14-19)18(5)6)38(36,37)32-20-11-12-26-24(15-20)27(34)29-31-25-10-8-7-9-21(25)30(35)33(26)29/h7-18,32H,1-6H3. The SMILES string of the molecule is CC(C)c1cc(C(C)C)c(S(=O)(=O)Nc2ccc3c(c2)C(=O)c2nc4ccccc4c(=O)n2-3)c(C(C)C)c1. The number of aromatic nitrogens is 2.